The van der Waals surface area contributed by atoms with Crippen molar-refractivity contribution in [3.05, 3.63) is 22.4 Å². The Kier molecular flexibility index (Phi) is 4.09. The van der Waals surface area contributed by atoms with Gasteiger partial charge < -0.3 is 10.9 Å². The lowest BCUT2D eigenvalue weighted by Gasteiger charge is -1.88. The van der Waals surface area contributed by atoms with Gasteiger partial charge in [-0.3, -0.25) is 4.79 Å². The summed E-state index contributed by atoms with van der Waals surface area (Å²) in [7, 11) is 0. The zero-order valence-electron chi connectivity index (χ0n) is 5.65. The molecule has 0 saturated heterocycles. The lowest BCUT2D eigenvalue weighted by molar-refractivity contribution is -0.123. The van der Waals surface area contributed by atoms with Crippen molar-refractivity contribution in [3.8, 4) is 0 Å². The molecule has 1 aromatic heterocycles. The van der Waals surface area contributed by atoms with E-state index >= 15 is 0 Å². The van der Waals surface area contributed by atoms with E-state index in [4.69, 9.17) is 0 Å². The number of ether oxygens (including phenoxy) is 1. The van der Waals surface area contributed by atoms with Gasteiger partial charge in [0.2, 0.25) is 0 Å². The van der Waals surface area contributed by atoms with Crippen molar-refractivity contribution in [2.75, 3.05) is 0 Å². The van der Waals surface area contributed by atoms with Gasteiger partial charge in [0.05, 0.1) is 0 Å². The molecule has 1 rings (SSSR count). The van der Waals surface area contributed by atoms with E-state index in [1.807, 2.05) is 0 Å². The second-order valence-electron chi connectivity index (χ2n) is 1.48. The van der Waals surface area contributed by atoms with Gasteiger partial charge in [-0.05, 0) is 11.4 Å². The van der Waals surface area contributed by atoms with Crippen LogP contribution in [-0.4, -0.2) is 12.4 Å². The summed E-state index contributed by atoms with van der Waals surface area (Å²) in [4.78, 5) is 20.8. The Bertz CT molecular complexity index is 232. The Morgan fingerprint density at radius 3 is 2.82 bits per heavy atom. The molecule has 0 aliphatic heterocycles. The number of carbonyl (C=O) groups is 2. The zero-order chi connectivity index (χ0) is 7.40. The molecule has 0 unspecified atom stereocenters. The Balaban J connectivity index is 0.000001000. The summed E-state index contributed by atoms with van der Waals surface area (Å²) < 4.78 is 4.08. The van der Waals surface area contributed by atoms with Crippen LogP contribution in [0.1, 0.15) is 9.67 Å². The zero-order valence-corrected chi connectivity index (χ0v) is 6.47. The van der Waals surface area contributed by atoms with E-state index in [-0.39, 0.29) is 12.6 Å². The van der Waals surface area contributed by atoms with E-state index in [2.05, 4.69) is 4.74 Å². The molecule has 0 aliphatic carbocycles. The summed E-state index contributed by atoms with van der Waals surface area (Å²) in [5.74, 6) is -0.593. The van der Waals surface area contributed by atoms with Crippen LogP contribution in [0, 0.1) is 0 Å². The Hall–Kier alpha value is -1.20. The van der Waals surface area contributed by atoms with Crippen LogP contribution in [0.4, 0.5) is 0 Å². The summed E-state index contributed by atoms with van der Waals surface area (Å²) in [6, 6.07) is 3.31. The van der Waals surface area contributed by atoms with Crippen molar-refractivity contribution in [2.24, 2.45) is 0 Å². The first-order valence-corrected chi connectivity index (χ1v) is 3.40. The first-order chi connectivity index (χ1) is 4.84. The highest BCUT2D eigenvalue weighted by Crippen LogP contribution is 2.08. The number of carbonyl (C=O) groups excluding carboxylic acids is 2. The maximum Gasteiger partial charge on any atom is 0.355 e. The fourth-order valence-electron chi connectivity index (χ4n) is 0.496. The molecule has 3 N–H and O–H groups in total. The van der Waals surface area contributed by atoms with Crippen LogP contribution in [0.2, 0.25) is 0 Å². The highest BCUT2D eigenvalue weighted by Gasteiger charge is 2.05. The van der Waals surface area contributed by atoms with Crippen LogP contribution in [0.15, 0.2) is 17.5 Å². The van der Waals surface area contributed by atoms with E-state index < -0.39 is 5.97 Å². The highest BCUT2D eigenvalue weighted by atomic mass is 32.1. The van der Waals surface area contributed by atoms with Gasteiger partial charge in [-0.25, -0.2) is 4.79 Å². The molecule has 4 nitrogen and oxygen atoms in total. The van der Waals surface area contributed by atoms with Crippen LogP contribution < -0.4 is 6.15 Å². The molecule has 60 valence electrons. The third kappa shape index (κ3) is 2.48. The predicted molar refractivity (Wildman–Crippen MR) is 40.8 cm³/mol. The minimum Gasteiger partial charge on any atom is -0.391 e. The molecule has 0 radical (unpaired) electrons. The van der Waals surface area contributed by atoms with Crippen LogP contribution in [0.3, 0.4) is 0 Å². The average molecular weight is 173 g/mol. The first kappa shape index (κ1) is 9.80. The largest absolute Gasteiger partial charge is 0.391 e. The molecule has 1 heterocycles. The van der Waals surface area contributed by atoms with Crippen molar-refractivity contribution in [1.29, 1.82) is 0 Å². The van der Waals surface area contributed by atoms with Crippen molar-refractivity contribution in [3.63, 3.8) is 0 Å². The van der Waals surface area contributed by atoms with Crippen LogP contribution in [0.25, 0.3) is 0 Å². The van der Waals surface area contributed by atoms with Crippen LogP contribution >= 0.6 is 11.3 Å². The standard InChI is InChI=1S/C6H4O3S.H3N/c7-4-9-6(8)5-2-1-3-10-5;/h1-4H;1H3. The van der Waals surface area contributed by atoms with Gasteiger partial charge >= 0.3 is 12.4 Å². The van der Waals surface area contributed by atoms with E-state index in [1.54, 1.807) is 17.5 Å². The summed E-state index contributed by atoms with van der Waals surface area (Å²) >= 11 is 1.24. The monoisotopic (exact) mass is 173 g/mol. The van der Waals surface area contributed by atoms with Gasteiger partial charge in [0.25, 0.3) is 0 Å². The maximum absolute atomic E-state index is 10.7. The van der Waals surface area contributed by atoms with Gasteiger partial charge in [-0.15, -0.1) is 11.3 Å². The molecule has 1 aromatic rings. The van der Waals surface area contributed by atoms with Crippen molar-refractivity contribution >= 4 is 23.8 Å². The fraction of sp³-hybridized carbons (Fsp3) is 0. The lowest BCUT2D eigenvalue weighted by Crippen LogP contribution is -1.99. The number of hydrogen-bond acceptors (Lipinski definition) is 5. The molecule has 0 atom stereocenters. The number of esters is 1. The fourth-order valence-corrected chi connectivity index (χ4v) is 1.10. The minimum absolute atomic E-state index is 0. The van der Waals surface area contributed by atoms with Gasteiger partial charge in [0.15, 0.2) is 0 Å². The Morgan fingerprint density at radius 2 is 2.36 bits per heavy atom. The maximum atomic E-state index is 10.7. The van der Waals surface area contributed by atoms with Crippen molar-refractivity contribution in [2.45, 2.75) is 0 Å². The van der Waals surface area contributed by atoms with Crippen LogP contribution in [0.5, 0.6) is 0 Å². The predicted octanol–water partition coefficient (Wildman–Crippen LogP) is 1.22. The third-order valence-electron chi connectivity index (χ3n) is 0.878. The lowest BCUT2D eigenvalue weighted by atomic mass is 10.5. The smallest absolute Gasteiger partial charge is 0.355 e. The molecular formula is C6H7NO3S. The molecule has 0 amide bonds. The second-order valence-corrected chi connectivity index (χ2v) is 2.43. The van der Waals surface area contributed by atoms with Crippen molar-refractivity contribution in [1.82, 2.24) is 6.15 Å². The SMILES string of the molecule is N.O=COC(=O)c1cccs1. The van der Waals surface area contributed by atoms with Crippen molar-refractivity contribution < 1.29 is 14.3 Å². The van der Waals surface area contributed by atoms with Crippen LogP contribution in [-0.2, 0) is 9.53 Å². The van der Waals surface area contributed by atoms with Gasteiger partial charge in [-0.1, -0.05) is 6.07 Å². The van der Waals surface area contributed by atoms with E-state index in [0.717, 1.165) is 0 Å². The normalized spacial score (nSPS) is 8.00. The van der Waals surface area contributed by atoms with Gasteiger partial charge in [0, 0.05) is 0 Å². The average Bonchev–Trinajstić information content (AvgIpc) is 2.38. The second kappa shape index (κ2) is 4.59. The number of thiophene rings is 1. The number of hydrogen-bond donors (Lipinski definition) is 1. The summed E-state index contributed by atoms with van der Waals surface area (Å²) in [6.07, 6.45) is 0. The van der Waals surface area contributed by atoms with Gasteiger partial charge in [0.1, 0.15) is 4.88 Å². The minimum atomic E-state index is -0.593. The molecule has 0 aliphatic rings. The molecule has 0 bridgehead atoms. The molecule has 0 aromatic carbocycles. The molecule has 0 spiro atoms. The molecule has 5 heteroatoms. The molecule has 0 fully saturated rings. The molecule has 0 saturated carbocycles. The Morgan fingerprint density at radius 1 is 1.64 bits per heavy atom. The quantitative estimate of drug-likeness (QED) is 0.414. The topological polar surface area (TPSA) is 78.4 Å². The summed E-state index contributed by atoms with van der Waals surface area (Å²) in [5, 5.41) is 1.74. The van der Waals surface area contributed by atoms with Gasteiger partial charge in [-0.2, -0.15) is 0 Å². The highest BCUT2D eigenvalue weighted by molar-refractivity contribution is 7.12. The van der Waals surface area contributed by atoms with E-state index in [9.17, 15) is 9.59 Å². The van der Waals surface area contributed by atoms with E-state index in [1.165, 1.54) is 11.3 Å². The first-order valence-electron chi connectivity index (χ1n) is 2.52. The third-order valence-corrected chi connectivity index (χ3v) is 1.73. The molecular weight excluding hydrogens is 166 g/mol. The van der Waals surface area contributed by atoms with E-state index in [0.29, 0.717) is 4.88 Å². The molecule has 11 heavy (non-hydrogen) atoms. The Labute approximate surface area is 67.4 Å². The summed E-state index contributed by atoms with van der Waals surface area (Å²) in [6.45, 7) is 0.127. The summed E-state index contributed by atoms with van der Waals surface area (Å²) in [5.41, 5.74) is 0. The number of rotatable bonds is 2.